The van der Waals surface area contributed by atoms with E-state index in [9.17, 15) is 19.5 Å². The number of hydrogen-bond donors (Lipinski definition) is 2. The molecule has 3 rings (SSSR count). The van der Waals surface area contributed by atoms with Crippen molar-refractivity contribution in [1.82, 2.24) is 15.1 Å². The minimum Gasteiger partial charge on any atom is -0.507 e. The second kappa shape index (κ2) is 6.71. The first-order valence-electron chi connectivity index (χ1n) is 7.54. The van der Waals surface area contributed by atoms with Crippen LogP contribution in [0.5, 0.6) is 5.75 Å². The molecule has 1 aromatic carbocycles. The molecule has 0 aliphatic carbocycles. The van der Waals surface area contributed by atoms with Gasteiger partial charge in [-0.25, -0.2) is 9.69 Å². The molecule has 0 unspecified atom stereocenters. The normalized spacial score (nSPS) is 19.8. The third-order valence-corrected chi connectivity index (χ3v) is 3.86. The number of aromatic hydroxyl groups is 1. The molecule has 8 heteroatoms. The first-order chi connectivity index (χ1) is 11.6. The number of imide groups is 1. The van der Waals surface area contributed by atoms with Gasteiger partial charge >= 0.3 is 6.03 Å². The summed E-state index contributed by atoms with van der Waals surface area (Å²) in [4.78, 5) is 39.0. The molecule has 0 aromatic heterocycles. The zero-order valence-electron chi connectivity index (χ0n) is 12.9. The predicted molar refractivity (Wildman–Crippen MR) is 83.7 cm³/mol. The van der Waals surface area contributed by atoms with Crippen LogP contribution in [0.2, 0.25) is 0 Å². The molecule has 2 aliphatic rings. The fourth-order valence-corrected chi connectivity index (χ4v) is 2.53. The summed E-state index contributed by atoms with van der Waals surface area (Å²) in [7, 11) is 0. The third kappa shape index (κ3) is 3.23. The summed E-state index contributed by atoms with van der Waals surface area (Å²) in [5.74, 6) is -0.898. The quantitative estimate of drug-likeness (QED) is 0.606. The number of amides is 4. The molecule has 0 saturated carbocycles. The number of hydrogen-bond acceptors (Lipinski definition) is 5. The molecular formula is C16H17N3O5. The first-order valence-corrected chi connectivity index (χ1v) is 7.54. The lowest BCUT2D eigenvalue weighted by molar-refractivity contribution is -0.139. The zero-order valence-corrected chi connectivity index (χ0v) is 12.9. The smallest absolute Gasteiger partial charge is 0.329 e. The van der Waals surface area contributed by atoms with Crippen LogP contribution in [0.25, 0.3) is 6.08 Å². The number of carbonyl (C=O) groups is 3. The van der Waals surface area contributed by atoms with Gasteiger partial charge in [0.2, 0.25) is 5.91 Å². The summed E-state index contributed by atoms with van der Waals surface area (Å²) < 4.78 is 5.17. The van der Waals surface area contributed by atoms with Crippen LogP contribution < -0.4 is 5.32 Å². The highest BCUT2D eigenvalue weighted by atomic mass is 16.5. The van der Waals surface area contributed by atoms with E-state index in [1.165, 1.54) is 12.1 Å². The van der Waals surface area contributed by atoms with Crippen LogP contribution in [0.4, 0.5) is 4.79 Å². The van der Waals surface area contributed by atoms with Gasteiger partial charge < -0.3 is 20.1 Å². The highest BCUT2D eigenvalue weighted by Crippen LogP contribution is 2.21. The summed E-state index contributed by atoms with van der Waals surface area (Å²) in [5.41, 5.74) is 0.429. The lowest BCUT2D eigenvalue weighted by Crippen LogP contribution is -2.47. The highest BCUT2D eigenvalue weighted by molar-refractivity contribution is 6.15. The molecule has 0 bridgehead atoms. The van der Waals surface area contributed by atoms with E-state index in [1.807, 2.05) is 0 Å². The number of nitrogens with zero attached hydrogens (tertiary/aromatic N) is 2. The van der Waals surface area contributed by atoms with Gasteiger partial charge in [0.1, 0.15) is 18.0 Å². The van der Waals surface area contributed by atoms with Crippen molar-refractivity contribution in [3.63, 3.8) is 0 Å². The van der Waals surface area contributed by atoms with Crippen molar-refractivity contribution in [2.24, 2.45) is 0 Å². The van der Waals surface area contributed by atoms with Crippen LogP contribution >= 0.6 is 0 Å². The van der Waals surface area contributed by atoms with Gasteiger partial charge in [0, 0.05) is 18.7 Å². The number of benzene rings is 1. The molecule has 0 atom stereocenters. The van der Waals surface area contributed by atoms with Gasteiger partial charge in [0.05, 0.1) is 13.2 Å². The van der Waals surface area contributed by atoms with E-state index < -0.39 is 11.9 Å². The molecule has 8 nitrogen and oxygen atoms in total. The number of phenols is 1. The molecule has 0 radical (unpaired) electrons. The first kappa shape index (κ1) is 16.0. The predicted octanol–water partition coefficient (Wildman–Crippen LogP) is 0.144. The maximum absolute atomic E-state index is 12.3. The number of phenolic OH excluding ortho intramolecular Hbond substituents is 1. The van der Waals surface area contributed by atoms with Crippen LogP contribution in [-0.2, 0) is 14.3 Å². The van der Waals surface area contributed by atoms with E-state index in [2.05, 4.69) is 5.32 Å². The molecule has 24 heavy (non-hydrogen) atoms. The lowest BCUT2D eigenvalue weighted by atomic mass is 10.1. The van der Waals surface area contributed by atoms with Gasteiger partial charge in [-0.15, -0.1) is 0 Å². The number of nitrogens with one attached hydrogen (secondary N) is 1. The van der Waals surface area contributed by atoms with Gasteiger partial charge in [0.15, 0.2) is 0 Å². The number of rotatable bonds is 3. The number of para-hydroxylation sites is 1. The fraction of sp³-hybridized carbons (Fsp3) is 0.312. The fourth-order valence-electron chi connectivity index (χ4n) is 2.53. The minimum absolute atomic E-state index is 0.00473. The SMILES string of the molecule is O=C(CN1C(=O)N/C(=C\c2ccccc2O)C1=O)N1CCOCC1. The average Bonchev–Trinajstić information content (AvgIpc) is 2.85. The van der Waals surface area contributed by atoms with E-state index >= 15 is 0 Å². The largest absolute Gasteiger partial charge is 0.507 e. The summed E-state index contributed by atoms with van der Waals surface area (Å²) in [5, 5.41) is 12.2. The van der Waals surface area contributed by atoms with Crippen LogP contribution in [0.1, 0.15) is 5.56 Å². The van der Waals surface area contributed by atoms with E-state index in [0.29, 0.717) is 31.9 Å². The van der Waals surface area contributed by atoms with Gasteiger partial charge in [-0.3, -0.25) is 9.59 Å². The third-order valence-electron chi connectivity index (χ3n) is 3.86. The molecule has 2 fully saturated rings. The maximum atomic E-state index is 12.3. The Morgan fingerprint density at radius 3 is 2.67 bits per heavy atom. The Kier molecular flexibility index (Phi) is 4.48. The van der Waals surface area contributed by atoms with E-state index in [4.69, 9.17) is 4.74 Å². The average molecular weight is 331 g/mol. The van der Waals surface area contributed by atoms with Crippen molar-refractivity contribution >= 4 is 23.9 Å². The van der Waals surface area contributed by atoms with Crippen LogP contribution in [0.15, 0.2) is 30.0 Å². The van der Waals surface area contributed by atoms with Crippen molar-refractivity contribution < 1.29 is 24.2 Å². The topological polar surface area (TPSA) is 99.2 Å². The molecule has 0 spiro atoms. The van der Waals surface area contributed by atoms with Gasteiger partial charge in [0.25, 0.3) is 5.91 Å². The Bertz CT molecular complexity index is 709. The van der Waals surface area contributed by atoms with Crippen LogP contribution in [0.3, 0.4) is 0 Å². The summed E-state index contributed by atoms with van der Waals surface area (Å²) in [6.07, 6.45) is 1.38. The summed E-state index contributed by atoms with van der Waals surface area (Å²) in [6.45, 7) is 1.48. The standard InChI is InChI=1S/C16H17N3O5/c20-13-4-2-1-3-11(13)9-12-15(22)19(16(23)17-12)10-14(21)18-5-7-24-8-6-18/h1-4,9,20H,5-8,10H2,(H,17,23)/b12-9-. The summed E-state index contributed by atoms with van der Waals surface area (Å²) in [6, 6.07) is 5.80. The number of urea groups is 1. The lowest BCUT2D eigenvalue weighted by Gasteiger charge is -2.27. The number of ether oxygens (including phenoxy) is 1. The van der Waals surface area contributed by atoms with E-state index in [0.717, 1.165) is 4.90 Å². The van der Waals surface area contributed by atoms with Crippen LogP contribution in [-0.4, -0.2) is 65.6 Å². The van der Waals surface area contributed by atoms with Crippen molar-refractivity contribution in [3.8, 4) is 5.75 Å². The molecule has 2 aliphatic heterocycles. The zero-order chi connectivity index (χ0) is 17.1. The molecule has 2 saturated heterocycles. The second-order valence-electron chi connectivity index (χ2n) is 5.43. The molecular weight excluding hydrogens is 314 g/mol. The van der Waals surface area contributed by atoms with Gasteiger partial charge in [-0.05, 0) is 12.1 Å². The Labute approximate surface area is 138 Å². The highest BCUT2D eigenvalue weighted by Gasteiger charge is 2.36. The van der Waals surface area contributed by atoms with Gasteiger partial charge in [-0.2, -0.15) is 0 Å². The number of morpholine rings is 1. The minimum atomic E-state index is -0.650. The number of carbonyl (C=O) groups excluding carboxylic acids is 3. The molecule has 1 aromatic rings. The Morgan fingerprint density at radius 2 is 1.96 bits per heavy atom. The molecule has 126 valence electrons. The van der Waals surface area contributed by atoms with Crippen LogP contribution in [0, 0.1) is 0 Å². The molecule has 4 amide bonds. The maximum Gasteiger partial charge on any atom is 0.329 e. The van der Waals surface area contributed by atoms with Crippen molar-refractivity contribution in [2.45, 2.75) is 0 Å². The van der Waals surface area contributed by atoms with Crippen molar-refractivity contribution in [1.29, 1.82) is 0 Å². The molecule has 2 N–H and O–H groups in total. The monoisotopic (exact) mass is 331 g/mol. The Balaban J connectivity index is 1.72. The van der Waals surface area contributed by atoms with Crippen molar-refractivity contribution in [2.75, 3.05) is 32.8 Å². The Morgan fingerprint density at radius 1 is 1.25 bits per heavy atom. The van der Waals surface area contributed by atoms with Crippen molar-refractivity contribution in [3.05, 3.63) is 35.5 Å². The van der Waals surface area contributed by atoms with E-state index in [1.54, 1.807) is 23.1 Å². The van der Waals surface area contributed by atoms with E-state index in [-0.39, 0.29) is 23.9 Å². The Hall–Kier alpha value is -2.87. The van der Waals surface area contributed by atoms with Gasteiger partial charge in [-0.1, -0.05) is 18.2 Å². The second-order valence-corrected chi connectivity index (χ2v) is 5.43. The molecule has 2 heterocycles. The summed E-state index contributed by atoms with van der Waals surface area (Å²) >= 11 is 0.